The zero-order chi connectivity index (χ0) is 23.0. The molecule has 1 amide bonds. The van der Waals surface area contributed by atoms with Gasteiger partial charge in [-0.1, -0.05) is 13.8 Å². The highest BCUT2D eigenvalue weighted by Crippen LogP contribution is 2.46. The molecule has 174 valence electrons. The van der Waals surface area contributed by atoms with Crippen molar-refractivity contribution in [1.29, 1.82) is 5.26 Å². The summed E-state index contributed by atoms with van der Waals surface area (Å²) in [6, 6.07) is 2.58. The summed E-state index contributed by atoms with van der Waals surface area (Å²) >= 11 is 0. The minimum absolute atomic E-state index is 0.0848. The van der Waals surface area contributed by atoms with Crippen molar-refractivity contribution in [3.8, 4) is 6.07 Å². The number of amides is 1. The highest BCUT2D eigenvalue weighted by molar-refractivity contribution is 5.77. The molecule has 7 heteroatoms. The lowest BCUT2D eigenvalue weighted by Crippen LogP contribution is -2.57. The lowest BCUT2D eigenvalue weighted by atomic mass is 9.87. The second kappa shape index (κ2) is 8.99. The van der Waals surface area contributed by atoms with E-state index >= 15 is 0 Å². The van der Waals surface area contributed by atoms with E-state index in [0.717, 1.165) is 41.9 Å². The predicted molar refractivity (Wildman–Crippen MR) is 123 cm³/mol. The maximum Gasteiger partial charge on any atom is 0.225 e. The fourth-order valence-corrected chi connectivity index (χ4v) is 5.03. The molecule has 2 aliphatic heterocycles. The number of anilines is 1. The molecule has 3 aliphatic rings. The van der Waals surface area contributed by atoms with Gasteiger partial charge in [-0.05, 0) is 38.2 Å². The highest BCUT2D eigenvalue weighted by atomic mass is 16.5. The Morgan fingerprint density at radius 2 is 2.06 bits per heavy atom. The normalized spacial score (nSPS) is 22.6. The van der Waals surface area contributed by atoms with E-state index in [1.165, 1.54) is 0 Å². The van der Waals surface area contributed by atoms with Crippen LogP contribution in [0, 0.1) is 17.2 Å². The summed E-state index contributed by atoms with van der Waals surface area (Å²) in [4.78, 5) is 22.2. The predicted octanol–water partition coefficient (Wildman–Crippen LogP) is 3.39. The van der Waals surface area contributed by atoms with Gasteiger partial charge in [0.2, 0.25) is 5.91 Å². The summed E-state index contributed by atoms with van der Waals surface area (Å²) in [5.41, 5.74) is 3.80. The Morgan fingerprint density at radius 3 is 2.69 bits per heavy atom. The second-order valence-electron chi connectivity index (χ2n) is 10.4. The zero-order valence-electron chi connectivity index (χ0n) is 20.1. The molecule has 1 aromatic rings. The first-order valence-corrected chi connectivity index (χ1v) is 11.9. The lowest BCUT2D eigenvalue weighted by molar-refractivity contribution is -0.135. The lowest BCUT2D eigenvalue weighted by Gasteiger charge is -2.44. The molecule has 32 heavy (non-hydrogen) atoms. The maximum absolute atomic E-state index is 12.8. The monoisotopic (exact) mass is 440 g/mol. The first-order chi connectivity index (χ1) is 15.3. The Morgan fingerprint density at radius 1 is 1.31 bits per heavy atom. The number of aromatic nitrogens is 1. The minimum Gasteiger partial charge on any atom is -0.384 e. The number of rotatable bonds is 6. The van der Waals surface area contributed by atoms with Gasteiger partial charge >= 0.3 is 0 Å². The van der Waals surface area contributed by atoms with Crippen LogP contribution in [0.5, 0.6) is 0 Å². The number of methoxy groups -OCH3 is 1. The minimum atomic E-state index is -0.287. The summed E-state index contributed by atoms with van der Waals surface area (Å²) in [5, 5.41) is 10.2. The largest absolute Gasteiger partial charge is 0.384 e. The van der Waals surface area contributed by atoms with Crippen LogP contribution in [0.25, 0.3) is 0 Å². The number of nitriles is 1. The first kappa shape index (κ1) is 23.0. The van der Waals surface area contributed by atoms with Crippen LogP contribution in [-0.4, -0.2) is 60.8 Å². The van der Waals surface area contributed by atoms with Crippen LogP contribution >= 0.6 is 0 Å². The van der Waals surface area contributed by atoms with Crippen molar-refractivity contribution in [3.63, 3.8) is 0 Å². The topological polar surface area (TPSA) is 78.7 Å². The number of piperazine rings is 1. The van der Waals surface area contributed by atoms with Crippen LogP contribution < -0.4 is 4.90 Å². The van der Waals surface area contributed by atoms with Gasteiger partial charge in [-0.3, -0.25) is 4.79 Å². The molecule has 1 aliphatic carbocycles. The van der Waals surface area contributed by atoms with E-state index in [-0.39, 0.29) is 17.6 Å². The number of ether oxygens (including phenoxy) is 2. The number of pyridine rings is 1. The fourth-order valence-electron chi connectivity index (χ4n) is 5.03. The number of carbonyl (C=O) groups is 1. The van der Waals surface area contributed by atoms with E-state index in [1.54, 1.807) is 7.11 Å². The van der Waals surface area contributed by atoms with Crippen LogP contribution in [0.2, 0.25) is 0 Å². The molecular weight excluding hydrogens is 404 g/mol. The number of hydrogen-bond acceptors (Lipinski definition) is 6. The van der Waals surface area contributed by atoms with Crippen molar-refractivity contribution >= 4 is 11.7 Å². The molecule has 7 nitrogen and oxygen atoms in total. The van der Waals surface area contributed by atoms with Crippen molar-refractivity contribution in [3.05, 3.63) is 22.4 Å². The van der Waals surface area contributed by atoms with Gasteiger partial charge in [-0.2, -0.15) is 5.26 Å². The Labute approximate surface area is 191 Å². The van der Waals surface area contributed by atoms with Crippen LogP contribution in [0.15, 0.2) is 0 Å². The van der Waals surface area contributed by atoms with E-state index in [4.69, 9.17) is 14.5 Å². The molecule has 0 radical (unpaired) electrons. The molecule has 0 N–H and O–H groups in total. The van der Waals surface area contributed by atoms with Gasteiger partial charge in [0.25, 0.3) is 0 Å². The molecule has 0 aromatic carbocycles. The number of nitrogens with zero attached hydrogens (tertiary/aromatic N) is 4. The molecule has 2 fully saturated rings. The van der Waals surface area contributed by atoms with Crippen molar-refractivity contribution in [2.75, 3.05) is 38.3 Å². The smallest absolute Gasteiger partial charge is 0.225 e. The van der Waals surface area contributed by atoms with Crippen LogP contribution in [0.1, 0.15) is 75.3 Å². The Hall–Kier alpha value is -2.17. The van der Waals surface area contributed by atoms with Crippen molar-refractivity contribution in [2.45, 2.75) is 77.5 Å². The van der Waals surface area contributed by atoms with Gasteiger partial charge in [0, 0.05) is 44.6 Å². The molecule has 1 saturated heterocycles. The van der Waals surface area contributed by atoms with Crippen molar-refractivity contribution in [1.82, 2.24) is 9.88 Å². The van der Waals surface area contributed by atoms with Crippen LogP contribution in [-0.2, 0) is 27.3 Å². The standard InChI is InChI=1S/C25H36N4O3/c1-16(2)21-14-28(9-10-29(21)22(30)8-11-31-5)24-19(13-26)18-12-25(3,4)32-15-20(18)23(27-24)17-6-7-17/h16-17,21H,6-12,14-15H2,1-5H3. The molecule has 0 spiro atoms. The van der Waals surface area contributed by atoms with Gasteiger partial charge in [0.1, 0.15) is 11.9 Å². The number of fused-ring (bicyclic) bond motifs is 1. The van der Waals surface area contributed by atoms with Gasteiger partial charge in [0.15, 0.2) is 0 Å². The Kier molecular flexibility index (Phi) is 6.46. The number of hydrogen-bond donors (Lipinski definition) is 0. The fraction of sp³-hybridized carbons (Fsp3) is 0.720. The Balaban J connectivity index is 1.68. The SMILES string of the molecule is COCCC(=O)N1CCN(c2nc(C3CC3)c3c(c2C#N)CC(C)(C)OC3)CC1C(C)C. The Bertz CT molecular complexity index is 917. The molecule has 1 unspecified atom stereocenters. The quantitative estimate of drug-likeness (QED) is 0.675. The summed E-state index contributed by atoms with van der Waals surface area (Å²) in [6.45, 7) is 11.5. The van der Waals surface area contributed by atoms with Crippen molar-refractivity contribution in [2.24, 2.45) is 5.92 Å². The first-order valence-electron chi connectivity index (χ1n) is 11.9. The van der Waals surface area contributed by atoms with E-state index in [9.17, 15) is 10.1 Å². The molecule has 0 bridgehead atoms. The van der Waals surface area contributed by atoms with E-state index in [2.05, 4.69) is 38.7 Å². The van der Waals surface area contributed by atoms with Gasteiger partial charge < -0.3 is 19.3 Å². The van der Waals surface area contributed by atoms with Gasteiger partial charge in [-0.25, -0.2) is 4.98 Å². The van der Waals surface area contributed by atoms with E-state index < -0.39 is 0 Å². The van der Waals surface area contributed by atoms with E-state index in [1.807, 2.05) is 4.90 Å². The average Bonchev–Trinajstić information content (AvgIpc) is 3.60. The third-order valence-corrected chi connectivity index (χ3v) is 7.04. The van der Waals surface area contributed by atoms with Gasteiger partial charge in [0.05, 0.1) is 42.5 Å². The molecule has 1 aromatic heterocycles. The molecule has 3 heterocycles. The van der Waals surface area contributed by atoms with E-state index in [0.29, 0.717) is 56.7 Å². The third-order valence-electron chi connectivity index (χ3n) is 7.04. The summed E-state index contributed by atoms with van der Waals surface area (Å²) in [6.07, 6.45) is 3.44. The maximum atomic E-state index is 12.8. The third kappa shape index (κ3) is 4.49. The van der Waals surface area contributed by atoms with Crippen molar-refractivity contribution < 1.29 is 14.3 Å². The van der Waals surface area contributed by atoms with Gasteiger partial charge in [-0.15, -0.1) is 0 Å². The second-order valence-corrected chi connectivity index (χ2v) is 10.4. The van der Waals surface area contributed by atoms with Crippen LogP contribution in [0.4, 0.5) is 5.82 Å². The highest BCUT2D eigenvalue weighted by Gasteiger charge is 2.39. The van der Waals surface area contributed by atoms with Crippen LogP contribution in [0.3, 0.4) is 0 Å². The molecule has 1 atom stereocenters. The number of carbonyl (C=O) groups excluding carboxylic acids is 1. The molecular formula is C25H36N4O3. The summed E-state index contributed by atoms with van der Waals surface area (Å²) < 4.78 is 11.2. The average molecular weight is 441 g/mol. The zero-order valence-corrected chi connectivity index (χ0v) is 20.1. The molecule has 1 saturated carbocycles. The summed E-state index contributed by atoms with van der Waals surface area (Å²) in [7, 11) is 1.63. The summed E-state index contributed by atoms with van der Waals surface area (Å²) in [5.74, 6) is 1.74. The molecule has 4 rings (SSSR count).